The zero-order valence-electron chi connectivity index (χ0n) is 11.9. The van der Waals surface area contributed by atoms with Crippen molar-refractivity contribution >= 4 is 17.4 Å². The molecule has 7 heteroatoms. The molecule has 0 fully saturated rings. The summed E-state index contributed by atoms with van der Waals surface area (Å²) in [5, 5.41) is 7.32. The van der Waals surface area contributed by atoms with Crippen molar-refractivity contribution in [3.05, 3.63) is 35.5 Å². The number of anilines is 2. The standard InChI is InChI=1S/C14H16FN5O/c1-9(21)20-4-3-13-12(8-20)14(18-17-13)19(2)11-5-10(15)6-16-7-11/h5-7H,3-4,8H2,1-2H3,(H,17,18). The third-order valence-corrected chi connectivity index (χ3v) is 3.75. The molecule has 0 unspecified atom stereocenters. The fourth-order valence-electron chi connectivity index (χ4n) is 2.53. The van der Waals surface area contributed by atoms with Crippen LogP contribution in [0, 0.1) is 5.82 Å². The minimum atomic E-state index is -0.394. The predicted molar refractivity (Wildman–Crippen MR) is 75.6 cm³/mol. The van der Waals surface area contributed by atoms with Crippen LogP contribution in [0.4, 0.5) is 15.9 Å². The van der Waals surface area contributed by atoms with Gasteiger partial charge in [-0.15, -0.1) is 0 Å². The van der Waals surface area contributed by atoms with E-state index in [2.05, 4.69) is 15.2 Å². The Hall–Kier alpha value is -2.44. The highest BCUT2D eigenvalue weighted by Gasteiger charge is 2.25. The molecule has 21 heavy (non-hydrogen) atoms. The summed E-state index contributed by atoms with van der Waals surface area (Å²) in [6, 6.07) is 1.40. The van der Waals surface area contributed by atoms with Gasteiger partial charge in [0.2, 0.25) is 5.91 Å². The van der Waals surface area contributed by atoms with E-state index in [9.17, 15) is 9.18 Å². The van der Waals surface area contributed by atoms with E-state index in [1.165, 1.54) is 6.07 Å². The number of aromatic nitrogens is 3. The average molecular weight is 289 g/mol. The molecule has 1 N–H and O–H groups in total. The molecule has 2 aromatic rings. The molecule has 1 aliphatic heterocycles. The first-order valence-corrected chi connectivity index (χ1v) is 6.72. The first-order chi connectivity index (χ1) is 10.1. The lowest BCUT2D eigenvalue weighted by Gasteiger charge is -2.27. The fraction of sp³-hybridized carbons (Fsp3) is 0.357. The maximum absolute atomic E-state index is 13.3. The second kappa shape index (κ2) is 5.16. The van der Waals surface area contributed by atoms with Crippen LogP contribution in [0.1, 0.15) is 18.2 Å². The largest absolute Gasteiger partial charge is 0.338 e. The van der Waals surface area contributed by atoms with Gasteiger partial charge in [0.1, 0.15) is 5.82 Å². The average Bonchev–Trinajstić information content (AvgIpc) is 2.89. The Labute approximate surface area is 121 Å². The van der Waals surface area contributed by atoms with E-state index in [4.69, 9.17) is 0 Å². The number of pyridine rings is 1. The molecular weight excluding hydrogens is 273 g/mol. The van der Waals surface area contributed by atoms with Gasteiger partial charge in [-0.2, -0.15) is 5.10 Å². The number of H-pyrrole nitrogens is 1. The molecule has 0 bridgehead atoms. The minimum absolute atomic E-state index is 0.0443. The smallest absolute Gasteiger partial charge is 0.219 e. The van der Waals surface area contributed by atoms with E-state index >= 15 is 0 Å². The Kier molecular flexibility index (Phi) is 3.32. The van der Waals surface area contributed by atoms with E-state index < -0.39 is 5.82 Å². The van der Waals surface area contributed by atoms with E-state index in [1.54, 1.807) is 30.0 Å². The van der Waals surface area contributed by atoms with Crippen molar-refractivity contribution in [3.63, 3.8) is 0 Å². The lowest BCUT2D eigenvalue weighted by Crippen LogP contribution is -2.34. The number of fused-ring (bicyclic) bond motifs is 1. The first-order valence-electron chi connectivity index (χ1n) is 6.72. The van der Waals surface area contributed by atoms with Gasteiger partial charge >= 0.3 is 0 Å². The van der Waals surface area contributed by atoms with Crippen LogP contribution in [0.2, 0.25) is 0 Å². The quantitative estimate of drug-likeness (QED) is 0.912. The molecule has 0 saturated heterocycles. The number of halogens is 1. The lowest BCUT2D eigenvalue weighted by molar-refractivity contribution is -0.129. The summed E-state index contributed by atoms with van der Waals surface area (Å²) in [5.41, 5.74) is 2.62. The summed E-state index contributed by atoms with van der Waals surface area (Å²) < 4.78 is 13.3. The van der Waals surface area contributed by atoms with Gasteiger partial charge in [-0.3, -0.25) is 14.9 Å². The Morgan fingerprint density at radius 2 is 2.29 bits per heavy atom. The van der Waals surface area contributed by atoms with Crippen molar-refractivity contribution < 1.29 is 9.18 Å². The second-order valence-electron chi connectivity index (χ2n) is 5.12. The normalized spacial score (nSPS) is 14.0. The number of aromatic amines is 1. The van der Waals surface area contributed by atoms with Crippen LogP contribution >= 0.6 is 0 Å². The molecule has 0 saturated carbocycles. The van der Waals surface area contributed by atoms with Crippen LogP contribution in [0.15, 0.2) is 18.5 Å². The monoisotopic (exact) mass is 289 g/mol. The number of amides is 1. The molecular formula is C14H16FN5O. The van der Waals surface area contributed by atoms with Gasteiger partial charge in [0, 0.05) is 44.3 Å². The van der Waals surface area contributed by atoms with Crippen LogP contribution in [0.5, 0.6) is 0 Å². The van der Waals surface area contributed by atoms with Crippen LogP contribution in [-0.4, -0.2) is 39.6 Å². The van der Waals surface area contributed by atoms with Crippen molar-refractivity contribution in [2.75, 3.05) is 18.5 Å². The molecule has 0 radical (unpaired) electrons. The first kappa shape index (κ1) is 13.5. The lowest BCUT2D eigenvalue weighted by atomic mass is 10.1. The van der Waals surface area contributed by atoms with E-state index in [-0.39, 0.29) is 5.91 Å². The van der Waals surface area contributed by atoms with Gasteiger partial charge in [-0.05, 0) is 0 Å². The Morgan fingerprint density at radius 1 is 1.48 bits per heavy atom. The van der Waals surface area contributed by atoms with Gasteiger partial charge in [0.15, 0.2) is 5.82 Å². The number of nitrogens with zero attached hydrogens (tertiary/aromatic N) is 4. The molecule has 0 aromatic carbocycles. The third kappa shape index (κ3) is 2.46. The number of rotatable bonds is 2. The molecule has 0 aliphatic carbocycles. The highest BCUT2D eigenvalue weighted by molar-refractivity contribution is 5.74. The Morgan fingerprint density at radius 3 is 3.00 bits per heavy atom. The topological polar surface area (TPSA) is 65.1 Å². The van der Waals surface area contributed by atoms with Crippen molar-refractivity contribution in [2.24, 2.45) is 0 Å². The summed E-state index contributed by atoms with van der Waals surface area (Å²) >= 11 is 0. The van der Waals surface area contributed by atoms with Crippen molar-refractivity contribution in [3.8, 4) is 0 Å². The molecule has 1 amide bonds. The molecule has 6 nitrogen and oxygen atoms in total. The van der Waals surface area contributed by atoms with Crippen molar-refractivity contribution in [1.29, 1.82) is 0 Å². The minimum Gasteiger partial charge on any atom is -0.338 e. The Bertz CT molecular complexity index is 684. The molecule has 3 heterocycles. The fourth-order valence-corrected chi connectivity index (χ4v) is 2.53. The van der Waals surface area contributed by atoms with Gasteiger partial charge in [-0.1, -0.05) is 0 Å². The number of nitrogens with one attached hydrogen (secondary N) is 1. The molecule has 2 aromatic heterocycles. The zero-order chi connectivity index (χ0) is 15.0. The SMILES string of the molecule is CC(=O)N1CCc2[nH]nc(N(C)c3cncc(F)c3)c2C1. The predicted octanol–water partition coefficient (Wildman–Crippen LogP) is 1.62. The second-order valence-corrected chi connectivity index (χ2v) is 5.12. The highest BCUT2D eigenvalue weighted by Crippen LogP contribution is 2.30. The maximum Gasteiger partial charge on any atom is 0.219 e. The number of hydrogen-bond donors (Lipinski definition) is 1. The highest BCUT2D eigenvalue weighted by atomic mass is 19.1. The zero-order valence-corrected chi connectivity index (χ0v) is 11.9. The van der Waals surface area contributed by atoms with Crippen LogP contribution in [-0.2, 0) is 17.8 Å². The van der Waals surface area contributed by atoms with Crippen LogP contribution in [0.3, 0.4) is 0 Å². The van der Waals surface area contributed by atoms with Crippen LogP contribution < -0.4 is 4.90 Å². The van der Waals surface area contributed by atoms with Gasteiger partial charge in [0.05, 0.1) is 24.6 Å². The van der Waals surface area contributed by atoms with Crippen molar-refractivity contribution in [2.45, 2.75) is 19.9 Å². The van der Waals surface area contributed by atoms with Crippen molar-refractivity contribution in [1.82, 2.24) is 20.1 Å². The summed E-state index contributed by atoms with van der Waals surface area (Å²) in [6.45, 7) is 2.77. The third-order valence-electron chi connectivity index (χ3n) is 3.75. The number of carbonyl (C=O) groups is 1. The van der Waals surface area contributed by atoms with E-state index in [0.29, 0.717) is 24.6 Å². The summed E-state index contributed by atoms with van der Waals surface area (Å²) in [7, 11) is 1.81. The number of hydrogen-bond acceptors (Lipinski definition) is 4. The van der Waals surface area contributed by atoms with E-state index in [0.717, 1.165) is 23.9 Å². The van der Waals surface area contributed by atoms with Gasteiger partial charge in [0.25, 0.3) is 0 Å². The molecule has 0 spiro atoms. The Balaban J connectivity index is 1.94. The van der Waals surface area contributed by atoms with Gasteiger partial charge < -0.3 is 9.80 Å². The van der Waals surface area contributed by atoms with Crippen LogP contribution in [0.25, 0.3) is 0 Å². The molecule has 0 atom stereocenters. The molecule has 1 aliphatic rings. The summed E-state index contributed by atoms with van der Waals surface area (Å²) in [6.07, 6.45) is 3.49. The summed E-state index contributed by atoms with van der Waals surface area (Å²) in [5.74, 6) is 0.348. The molecule has 110 valence electrons. The van der Waals surface area contributed by atoms with Gasteiger partial charge in [-0.25, -0.2) is 4.39 Å². The maximum atomic E-state index is 13.3. The number of carbonyl (C=O) groups excluding carboxylic acids is 1. The summed E-state index contributed by atoms with van der Waals surface area (Å²) in [4.78, 5) is 18.9. The van der Waals surface area contributed by atoms with E-state index in [1.807, 2.05) is 0 Å². The molecule has 3 rings (SSSR count).